The summed E-state index contributed by atoms with van der Waals surface area (Å²) < 4.78 is 30.2. The summed E-state index contributed by atoms with van der Waals surface area (Å²) in [5, 5.41) is 11.7. The van der Waals surface area contributed by atoms with Crippen molar-refractivity contribution in [1.82, 2.24) is 8.87 Å². The number of aromatic nitrogens is 1. The fourth-order valence-electron chi connectivity index (χ4n) is 3.53. The molecule has 1 aromatic heterocycles. The third-order valence-electron chi connectivity index (χ3n) is 4.91. The summed E-state index contributed by atoms with van der Waals surface area (Å²) in [4.78, 5) is 10.3. The summed E-state index contributed by atoms with van der Waals surface area (Å²) in [6, 6.07) is 12.9. The van der Waals surface area contributed by atoms with E-state index in [4.69, 9.17) is 23.2 Å². The predicted molar refractivity (Wildman–Crippen MR) is 110 cm³/mol. The van der Waals surface area contributed by atoms with Crippen molar-refractivity contribution in [3.8, 4) is 0 Å². The molecule has 4 rings (SSSR count). The average molecular weight is 452 g/mol. The quantitative estimate of drug-likeness (QED) is 0.431. The van der Waals surface area contributed by atoms with Crippen LogP contribution in [0, 0.1) is 10.1 Å². The van der Waals surface area contributed by atoms with Gasteiger partial charge in [-0.05, 0) is 42.0 Å². The Labute approximate surface area is 177 Å². The molecule has 150 valence electrons. The highest BCUT2D eigenvalue weighted by Gasteiger charge is 2.38. The van der Waals surface area contributed by atoms with Gasteiger partial charge in [-0.2, -0.15) is 4.31 Å². The Hall–Kier alpha value is -2.39. The molecular formula is C19H15Cl2N3O4S. The molecule has 3 aromatic rings. The molecule has 10 heteroatoms. The minimum absolute atomic E-state index is 0.0156. The zero-order valence-electron chi connectivity index (χ0n) is 14.9. The Morgan fingerprint density at radius 3 is 2.41 bits per heavy atom. The second-order valence-corrected chi connectivity index (χ2v) is 9.30. The molecule has 0 saturated carbocycles. The van der Waals surface area contributed by atoms with E-state index in [0.29, 0.717) is 22.2 Å². The number of rotatable bonds is 4. The molecule has 0 saturated heterocycles. The largest absolute Gasteiger partial charge is 0.348 e. The molecule has 0 spiro atoms. The van der Waals surface area contributed by atoms with Gasteiger partial charge in [-0.25, -0.2) is 8.42 Å². The topological polar surface area (TPSA) is 85.4 Å². The van der Waals surface area contributed by atoms with Crippen LogP contribution < -0.4 is 0 Å². The zero-order valence-corrected chi connectivity index (χ0v) is 17.2. The maximum Gasteiger partial charge on any atom is 0.269 e. The van der Waals surface area contributed by atoms with Gasteiger partial charge in [0.1, 0.15) is 0 Å². The standard InChI is InChI=1S/C19H15Cl2N3O4S/c20-13-3-8-16(17(21)12-13)19-18-2-1-9-22(18)10-11-23(19)29(27,28)15-6-4-14(5-7-15)24(25)26/h1-9,12,19H,10-11H2/t19-/m0/s1. The predicted octanol–water partition coefficient (Wildman–Crippen LogP) is 4.50. The fraction of sp³-hybridized carbons (Fsp3) is 0.158. The maximum absolute atomic E-state index is 13.4. The van der Waals surface area contributed by atoms with Gasteiger partial charge in [-0.15, -0.1) is 0 Å². The third kappa shape index (κ3) is 3.53. The number of nitrogens with zero attached hydrogens (tertiary/aromatic N) is 3. The number of hydrogen-bond donors (Lipinski definition) is 0. The van der Waals surface area contributed by atoms with E-state index in [0.717, 1.165) is 5.69 Å². The van der Waals surface area contributed by atoms with Crippen LogP contribution in [0.4, 0.5) is 5.69 Å². The molecule has 1 aliphatic rings. The highest BCUT2D eigenvalue weighted by Crippen LogP contribution is 2.40. The van der Waals surface area contributed by atoms with E-state index in [1.54, 1.807) is 18.2 Å². The van der Waals surface area contributed by atoms with Crippen molar-refractivity contribution in [2.45, 2.75) is 17.5 Å². The van der Waals surface area contributed by atoms with Crippen LogP contribution in [0.5, 0.6) is 0 Å². The average Bonchev–Trinajstić information content (AvgIpc) is 3.16. The van der Waals surface area contributed by atoms with Gasteiger partial charge in [0.15, 0.2) is 0 Å². The number of halogens is 2. The van der Waals surface area contributed by atoms with Crippen molar-refractivity contribution >= 4 is 38.9 Å². The first-order chi connectivity index (χ1) is 13.8. The van der Waals surface area contributed by atoms with Crippen LogP contribution in [0.25, 0.3) is 0 Å². The Kier molecular flexibility index (Phi) is 5.12. The normalized spacial score (nSPS) is 17.1. The van der Waals surface area contributed by atoms with Crippen molar-refractivity contribution in [3.05, 3.63) is 92.2 Å². The number of hydrogen-bond acceptors (Lipinski definition) is 4. The van der Waals surface area contributed by atoms with E-state index >= 15 is 0 Å². The second kappa shape index (κ2) is 7.46. The number of non-ortho nitro benzene ring substituents is 1. The number of nitro benzene ring substituents is 1. The van der Waals surface area contributed by atoms with Crippen LogP contribution in [0.3, 0.4) is 0 Å². The summed E-state index contributed by atoms with van der Waals surface area (Å²) in [6.07, 6.45) is 1.89. The van der Waals surface area contributed by atoms with Gasteiger partial charge in [-0.1, -0.05) is 29.3 Å². The summed E-state index contributed by atoms with van der Waals surface area (Å²) in [7, 11) is -3.94. The lowest BCUT2D eigenvalue weighted by Crippen LogP contribution is -2.42. The lowest BCUT2D eigenvalue weighted by molar-refractivity contribution is -0.384. The highest BCUT2D eigenvalue weighted by molar-refractivity contribution is 7.89. The molecule has 0 fully saturated rings. The number of sulfonamides is 1. The van der Waals surface area contributed by atoms with E-state index in [-0.39, 0.29) is 17.1 Å². The number of benzene rings is 2. The molecule has 0 aliphatic carbocycles. The zero-order chi connectivity index (χ0) is 20.8. The minimum Gasteiger partial charge on any atom is -0.348 e. The highest BCUT2D eigenvalue weighted by atomic mass is 35.5. The molecule has 2 aromatic carbocycles. The molecule has 29 heavy (non-hydrogen) atoms. The first-order valence-corrected chi connectivity index (χ1v) is 10.8. The van der Waals surface area contributed by atoms with Crippen LogP contribution in [0.1, 0.15) is 17.3 Å². The molecule has 1 aliphatic heterocycles. The maximum atomic E-state index is 13.4. The Morgan fingerprint density at radius 2 is 1.76 bits per heavy atom. The summed E-state index contributed by atoms with van der Waals surface area (Å²) in [5.74, 6) is 0. The molecule has 0 amide bonds. The summed E-state index contributed by atoms with van der Waals surface area (Å²) >= 11 is 12.4. The van der Waals surface area contributed by atoms with Crippen LogP contribution >= 0.6 is 23.2 Å². The van der Waals surface area contributed by atoms with Gasteiger partial charge >= 0.3 is 0 Å². The fourth-order valence-corrected chi connectivity index (χ4v) is 5.62. The lowest BCUT2D eigenvalue weighted by atomic mass is 10.0. The molecule has 7 nitrogen and oxygen atoms in total. The van der Waals surface area contributed by atoms with Gasteiger partial charge in [-0.3, -0.25) is 10.1 Å². The van der Waals surface area contributed by atoms with E-state index in [1.807, 2.05) is 22.9 Å². The van der Waals surface area contributed by atoms with E-state index < -0.39 is 21.0 Å². The van der Waals surface area contributed by atoms with E-state index in [2.05, 4.69) is 0 Å². The Balaban J connectivity index is 1.83. The molecule has 0 N–H and O–H groups in total. The smallest absolute Gasteiger partial charge is 0.269 e. The monoisotopic (exact) mass is 451 g/mol. The van der Waals surface area contributed by atoms with Crippen molar-refractivity contribution in [1.29, 1.82) is 0 Å². The van der Waals surface area contributed by atoms with Crippen LogP contribution in [-0.4, -0.2) is 28.8 Å². The van der Waals surface area contributed by atoms with Gasteiger partial charge in [0, 0.05) is 47.2 Å². The first kappa shape index (κ1) is 19.9. The molecule has 0 radical (unpaired) electrons. The molecule has 0 unspecified atom stereocenters. The third-order valence-corrected chi connectivity index (χ3v) is 7.35. The lowest BCUT2D eigenvalue weighted by Gasteiger charge is -2.36. The van der Waals surface area contributed by atoms with Gasteiger partial charge < -0.3 is 4.57 Å². The summed E-state index contributed by atoms with van der Waals surface area (Å²) in [6.45, 7) is 0.709. The first-order valence-electron chi connectivity index (χ1n) is 8.65. The second-order valence-electron chi connectivity index (χ2n) is 6.56. The Morgan fingerprint density at radius 1 is 1.03 bits per heavy atom. The Bertz CT molecular complexity index is 1190. The number of fused-ring (bicyclic) bond motifs is 1. The van der Waals surface area contributed by atoms with Gasteiger partial charge in [0.05, 0.1) is 15.9 Å². The van der Waals surface area contributed by atoms with Crippen molar-refractivity contribution in [2.24, 2.45) is 0 Å². The van der Waals surface area contributed by atoms with Gasteiger partial charge in [0.2, 0.25) is 10.0 Å². The van der Waals surface area contributed by atoms with Crippen LogP contribution in [0.2, 0.25) is 10.0 Å². The van der Waals surface area contributed by atoms with Crippen LogP contribution in [0.15, 0.2) is 65.7 Å². The molecule has 2 heterocycles. The molecular weight excluding hydrogens is 437 g/mol. The van der Waals surface area contributed by atoms with Crippen molar-refractivity contribution in [3.63, 3.8) is 0 Å². The SMILES string of the molecule is O=[N+]([O-])c1ccc(S(=O)(=O)N2CCn3cccc3[C@@H]2c2ccc(Cl)cc2Cl)cc1. The van der Waals surface area contributed by atoms with Crippen LogP contribution in [-0.2, 0) is 16.6 Å². The van der Waals surface area contributed by atoms with Crippen molar-refractivity contribution < 1.29 is 13.3 Å². The van der Waals surface area contributed by atoms with E-state index in [1.165, 1.54) is 28.6 Å². The summed E-state index contributed by atoms with van der Waals surface area (Å²) in [5.41, 5.74) is 1.22. The molecule has 0 bridgehead atoms. The van der Waals surface area contributed by atoms with Gasteiger partial charge in [0.25, 0.3) is 5.69 Å². The molecule has 1 atom stereocenters. The number of nitro groups is 1. The van der Waals surface area contributed by atoms with Crippen molar-refractivity contribution in [2.75, 3.05) is 6.54 Å². The minimum atomic E-state index is -3.94. The van der Waals surface area contributed by atoms with E-state index in [9.17, 15) is 18.5 Å².